The fourth-order valence-electron chi connectivity index (χ4n) is 3.96. The molecule has 1 amide bonds. The van der Waals surface area contributed by atoms with Gasteiger partial charge in [0.1, 0.15) is 11.4 Å². The van der Waals surface area contributed by atoms with Crippen molar-refractivity contribution < 1.29 is 14.3 Å². The fourth-order valence-corrected chi connectivity index (χ4v) is 3.96. The number of methoxy groups -OCH3 is 1. The molecule has 1 aromatic rings. The monoisotopic (exact) mass is 361 g/mol. The lowest BCUT2D eigenvalue weighted by Crippen LogP contribution is -2.61. The lowest BCUT2D eigenvalue weighted by atomic mass is 9.71. The van der Waals surface area contributed by atoms with Gasteiger partial charge in [0.2, 0.25) is 0 Å². The van der Waals surface area contributed by atoms with Crippen LogP contribution in [0.2, 0.25) is 0 Å². The summed E-state index contributed by atoms with van der Waals surface area (Å²) in [5.41, 5.74) is 8.89. The number of benzene rings is 1. The number of hydrogen-bond acceptors (Lipinski definition) is 5. The van der Waals surface area contributed by atoms with Gasteiger partial charge in [-0.1, -0.05) is 0 Å². The smallest absolute Gasteiger partial charge is 0.410 e. The standard InChI is InChI=1S/C20H31N3O3/c1-14-10-15(21)17(25-5)11-16(14)23-12-20(13-23)6-8-22(9-7-20)18(24)26-19(2,3)4/h10-11H,6-9,12-13,21H2,1-5H3. The molecule has 0 radical (unpaired) electrons. The van der Waals surface area contributed by atoms with Crippen molar-refractivity contribution in [2.75, 3.05) is 43.9 Å². The number of likely N-dealkylation sites (tertiary alicyclic amines) is 1. The Bertz CT molecular complexity index is 680. The molecule has 0 bridgehead atoms. The maximum absolute atomic E-state index is 12.2. The second-order valence-corrected chi connectivity index (χ2v) is 8.70. The van der Waals surface area contributed by atoms with Gasteiger partial charge in [0.15, 0.2) is 0 Å². The largest absolute Gasteiger partial charge is 0.495 e. The van der Waals surface area contributed by atoms with Crippen molar-refractivity contribution in [1.29, 1.82) is 0 Å². The molecule has 0 aliphatic carbocycles. The minimum atomic E-state index is -0.439. The summed E-state index contributed by atoms with van der Waals surface area (Å²) in [5.74, 6) is 0.728. The third-order valence-corrected chi connectivity index (χ3v) is 5.42. The maximum Gasteiger partial charge on any atom is 0.410 e. The van der Waals surface area contributed by atoms with Gasteiger partial charge in [0.25, 0.3) is 0 Å². The summed E-state index contributed by atoms with van der Waals surface area (Å²) >= 11 is 0. The van der Waals surface area contributed by atoms with Crippen LogP contribution >= 0.6 is 0 Å². The van der Waals surface area contributed by atoms with Crippen LogP contribution in [0.15, 0.2) is 12.1 Å². The van der Waals surface area contributed by atoms with Crippen LogP contribution in [0, 0.1) is 12.3 Å². The van der Waals surface area contributed by atoms with E-state index in [2.05, 4.69) is 11.8 Å². The average Bonchev–Trinajstić information content (AvgIpc) is 2.51. The molecule has 144 valence electrons. The van der Waals surface area contributed by atoms with E-state index in [9.17, 15) is 4.79 Å². The van der Waals surface area contributed by atoms with Crippen LogP contribution < -0.4 is 15.4 Å². The van der Waals surface area contributed by atoms with Crippen molar-refractivity contribution in [2.45, 2.75) is 46.1 Å². The molecule has 2 aliphatic heterocycles. The highest BCUT2D eigenvalue weighted by molar-refractivity contribution is 5.69. The van der Waals surface area contributed by atoms with E-state index in [1.165, 1.54) is 11.3 Å². The van der Waals surface area contributed by atoms with E-state index in [4.69, 9.17) is 15.2 Å². The number of piperidine rings is 1. The highest BCUT2D eigenvalue weighted by Gasteiger charge is 2.46. The molecule has 2 heterocycles. The van der Waals surface area contributed by atoms with E-state index >= 15 is 0 Å². The van der Waals surface area contributed by atoms with E-state index < -0.39 is 5.60 Å². The Morgan fingerprint density at radius 2 is 1.81 bits per heavy atom. The summed E-state index contributed by atoms with van der Waals surface area (Å²) < 4.78 is 10.9. The molecular weight excluding hydrogens is 330 g/mol. The highest BCUT2D eigenvalue weighted by atomic mass is 16.6. The number of nitrogen functional groups attached to an aromatic ring is 1. The van der Waals surface area contributed by atoms with Gasteiger partial charge in [0, 0.05) is 43.3 Å². The first kappa shape index (κ1) is 18.7. The number of carbonyl (C=O) groups excluding carboxylic acids is 1. The molecule has 0 unspecified atom stereocenters. The summed E-state index contributed by atoms with van der Waals surface area (Å²) in [5, 5.41) is 0. The summed E-state index contributed by atoms with van der Waals surface area (Å²) in [7, 11) is 1.65. The van der Waals surface area contributed by atoms with Crippen LogP contribution in [-0.2, 0) is 4.74 Å². The van der Waals surface area contributed by atoms with E-state index in [1.54, 1.807) is 7.11 Å². The zero-order chi connectivity index (χ0) is 19.1. The molecule has 2 fully saturated rings. The Morgan fingerprint density at radius 1 is 1.19 bits per heavy atom. The van der Waals surface area contributed by atoms with Crippen LogP contribution in [0.5, 0.6) is 5.75 Å². The third-order valence-electron chi connectivity index (χ3n) is 5.42. The average molecular weight is 361 g/mol. The first-order valence-electron chi connectivity index (χ1n) is 9.29. The van der Waals surface area contributed by atoms with Crippen LogP contribution in [0.4, 0.5) is 16.2 Å². The summed E-state index contributed by atoms with van der Waals surface area (Å²) in [6.07, 6.45) is 1.85. The predicted octanol–water partition coefficient (Wildman–Crippen LogP) is 3.42. The predicted molar refractivity (Wildman–Crippen MR) is 104 cm³/mol. The van der Waals surface area contributed by atoms with Crippen LogP contribution in [0.25, 0.3) is 0 Å². The first-order chi connectivity index (χ1) is 12.1. The molecule has 6 heteroatoms. The number of ether oxygens (including phenoxy) is 2. The molecule has 0 aromatic heterocycles. The lowest BCUT2D eigenvalue weighted by Gasteiger charge is -2.55. The van der Waals surface area contributed by atoms with Crippen molar-refractivity contribution in [3.05, 3.63) is 17.7 Å². The topological polar surface area (TPSA) is 68.0 Å². The minimum Gasteiger partial charge on any atom is -0.495 e. The Kier molecular flexibility index (Phi) is 4.71. The van der Waals surface area contributed by atoms with Gasteiger partial charge in [-0.2, -0.15) is 0 Å². The van der Waals surface area contributed by atoms with Crippen molar-refractivity contribution >= 4 is 17.5 Å². The van der Waals surface area contributed by atoms with Gasteiger partial charge in [0.05, 0.1) is 12.8 Å². The molecule has 2 aliphatic rings. The third kappa shape index (κ3) is 3.69. The molecule has 1 spiro atoms. The molecule has 26 heavy (non-hydrogen) atoms. The zero-order valence-corrected chi connectivity index (χ0v) is 16.6. The second-order valence-electron chi connectivity index (χ2n) is 8.70. The Morgan fingerprint density at radius 3 is 2.35 bits per heavy atom. The number of anilines is 2. The molecule has 2 N–H and O–H groups in total. The highest BCUT2D eigenvalue weighted by Crippen LogP contribution is 2.45. The van der Waals surface area contributed by atoms with Gasteiger partial charge in [-0.15, -0.1) is 0 Å². The Balaban J connectivity index is 1.58. The maximum atomic E-state index is 12.2. The number of rotatable bonds is 2. The quantitative estimate of drug-likeness (QED) is 0.818. The van der Waals surface area contributed by atoms with Crippen molar-refractivity contribution in [3.63, 3.8) is 0 Å². The molecule has 0 saturated carbocycles. The number of nitrogens with zero attached hydrogens (tertiary/aromatic N) is 2. The van der Waals surface area contributed by atoms with E-state index in [0.29, 0.717) is 11.1 Å². The second kappa shape index (κ2) is 6.56. The van der Waals surface area contributed by atoms with E-state index in [1.807, 2.05) is 37.8 Å². The number of carbonyl (C=O) groups is 1. The van der Waals surface area contributed by atoms with Gasteiger partial charge in [-0.05, 0) is 52.2 Å². The van der Waals surface area contributed by atoms with Gasteiger partial charge < -0.3 is 25.0 Å². The van der Waals surface area contributed by atoms with Crippen LogP contribution in [0.3, 0.4) is 0 Å². The van der Waals surface area contributed by atoms with E-state index in [-0.39, 0.29) is 6.09 Å². The molecule has 3 rings (SSSR count). The first-order valence-corrected chi connectivity index (χ1v) is 9.29. The van der Waals surface area contributed by atoms with Crippen LogP contribution in [-0.4, -0.2) is 49.9 Å². The van der Waals surface area contributed by atoms with Crippen molar-refractivity contribution in [2.24, 2.45) is 5.41 Å². The normalized spacial score (nSPS) is 19.3. The number of amides is 1. The summed E-state index contributed by atoms with van der Waals surface area (Å²) in [6, 6.07) is 4.01. The number of aryl methyl sites for hydroxylation is 1. The van der Waals surface area contributed by atoms with Crippen LogP contribution in [0.1, 0.15) is 39.2 Å². The number of hydrogen-bond donors (Lipinski definition) is 1. The Labute approximate surface area is 156 Å². The van der Waals surface area contributed by atoms with Crippen molar-refractivity contribution in [1.82, 2.24) is 4.90 Å². The molecule has 1 aromatic carbocycles. The van der Waals surface area contributed by atoms with Crippen molar-refractivity contribution in [3.8, 4) is 5.75 Å². The van der Waals surface area contributed by atoms with Gasteiger partial charge in [-0.3, -0.25) is 0 Å². The van der Waals surface area contributed by atoms with E-state index in [0.717, 1.165) is 44.8 Å². The Hall–Kier alpha value is -2.11. The lowest BCUT2D eigenvalue weighted by molar-refractivity contribution is 0.00597. The summed E-state index contributed by atoms with van der Waals surface area (Å²) in [4.78, 5) is 16.5. The number of nitrogens with two attached hydrogens (primary N) is 1. The summed E-state index contributed by atoms with van der Waals surface area (Å²) in [6.45, 7) is 11.4. The van der Waals surface area contributed by atoms with Gasteiger partial charge >= 0.3 is 6.09 Å². The fraction of sp³-hybridized carbons (Fsp3) is 0.650. The SMILES string of the molecule is COc1cc(N2CC3(CCN(C(=O)OC(C)(C)C)CC3)C2)c(C)cc1N. The minimum absolute atomic E-state index is 0.192. The molecular formula is C20H31N3O3. The molecule has 0 atom stereocenters. The molecule has 6 nitrogen and oxygen atoms in total. The van der Waals surface area contributed by atoms with Gasteiger partial charge in [-0.25, -0.2) is 4.79 Å². The molecule has 2 saturated heterocycles. The zero-order valence-electron chi connectivity index (χ0n) is 16.6.